The lowest BCUT2D eigenvalue weighted by atomic mass is 10.2. The highest BCUT2D eigenvalue weighted by Crippen LogP contribution is 2.44. The van der Waals surface area contributed by atoms with Crippen molar-refractivity contribution in [1.29, 1.82) is 0 Å². The number of esters is 1. The van der Waals surface area contributed by atoms with Gasteiger partial charge in [-0.3, -0.25) is 0 Å². The first-order chi connectivity index (χ1) is 14.0. The largest absolute Gasteiger partial charge is 0.495 e. The van der Waals surface area contributed by atoms with Gasteiger partial charge in [0.2, 0.25) is 5.90 Å². The highest BCUT2D eigenvalue weighted by Gasteiger charge is 2.28. The average Bonchev–Trinajstić information content (AvgIpc) is 3.24. The van der Waals surface area contributed by atoms with E-state index in [1.807, 2.05) is 37.3 Å². The molecule has 1 aliphatic heterocycles. The maximum absolute atomic E-state index is 12.3. The third-order valence-electron chi connectivity index (χ3n) is 4.23. The van der Waals surface area contributed by atoms with Crippen LogP contribution in [0.3, 0.4) is 0 Å². The third-order valence-corrected chi connectivity index (χ3v) is 6.43. The Bertz CT molecular complexity index is 1170. The normalized spacial score (nSPS) is 15.0. The van der Waals surface area contributed by atoms with Crippen molar-refractivity contribution in [3.63, 3.8) is 0 Å². The SMILES string of the molecule is CCOc1ccc(/C=C2\N=C(c3sc4c(Cl)c(OC)ccc4c3Cl)OC2=O)cc1. The van der Waals surface area contributed by atoms with Gasteiger partial charge in [-0.2, -0.15) is 0 Å². The second kappa shape index (κ2) is 8.06. The van der Waals surface area contributed by atoms with Gasteiger partial charge in [0.1, 0.15) is 21.4 Å². The van der Waals surface area contributed by atoms with Crippen LogP contribution in [-0.4, -0.2) is 25.6 Å². The number of thiophene rings is 1. The summed E-state index contributed by atoms with van der Waals surface area (Å²) in [7, 11) is 1.55. The van der Waals surface area contributed by atoms with Crippen LogP contribution in [0, 0.1) is 0 Å². The third kappa shape index (κ3) is 3.71. The van der Waals surface area contributed by atoms with Crippen molar-refractivity contribution in [2.45, 2.75) is 6.92 Å². The first kappa shape index (κ1) is 19.8. The van der Waals surface area contributed by atoms with Gasteiger partial charge in [0.15, 0.2) is 5.70 Å². The smallest absolute Gasteiger partial charge is 0.363 e. The van der Waals surface area contributed by atoms with Crippen LogP contribution >= 0.6 is 34.5 Å². The van der Waals surface area contributed by atoms with Crippen LogP contribution in [-0.2, 0) is 9.53 Å². The summed E-state index contributed by atoms with van der Waals surface area (Å²) in [4.78, 5) is 17.2. The molecular weight excluding hydrogens is 433 g/mol. The van der Waals surface area contributed by atoms with Crippen molar-refractivity contribution in [3.8, 4) is 11.5 Å². The number of nitrogens with zero attached hydrogens (tertiary/aromatic N) is 1. The molecule has 148 valence electrons. The first-order valence-electron chi connectivity index (χ1n) is 8.72. The number of carbonyl (C=O) groups is 1. The number of ether oxygens (including phenoxy) is 3. The Balaban J connectivity index is 1.70. The van der Waals surface area contributed by atoms with Crippen LogP contribution in [0.2, 0.25) is 10.0 Å². The Kier molecular flexibility index (Phi) is 5.50. The fourth-order valence-electron chi connectivity index (χ4n) is 2.87. The Hall–Kier alpha value is -2.54. The first-order valence-corrected chi connectivity index (χ1v) is 10.3. The number of carbonyl (C=O) groups excluding carboxylic acids is 1. The van der Waals surface area contributed by atoms with Gasteiger partial charge < -0.3 is 14.2 Å². The zero-order valence-corrected chi connectivity index (χ0v) is 17.8. The molecule has 2 heterocycles. The summed E-state index contributed by atoms with van der Waals surface area (Å²) in [6, 6.07) is 10.9. The van der Waals surface area contributed by atoms with Crippen molar-refractivity contribution in [2.24, 2.45) is 4.99 Å². The Morgan fingerprint density at radius 1 is 1.14 bits per heavy atom. The number of aliphatic imine (C=N–C) groups is 1. The fourth-order valence-corrected chi connectivity index (χ4v) is 4.68. The van der Waals surface area contributed by atoms with Crippen molar-refractivity contribution in [3.05, 3.63) is 62.6 Å². The number of hydrogen-bond acceptors (Lipinski definition) is 6. The van der Waals surface area contributed by atoms with Crippen LogP contribution in [0.4, 0.5) is 0 Å². The monoisotopic (exact) mass is 447 g/mol. The molecule has 3 aromatic rings. The van der Waals surface area contributed by atoms with Crippen molar-refractivity contribution >= 4 is 62.6 Å². The number of benzene rings is 2. The molecule has 1 aliphatic rings. The van der Waals surface area contributed by atoms with Crippen LogP contribution in [0.15, 0.2) is 47.1 Å². The van der Waals surface area contributed by atoms with E-state index in [2.05, 4.69) is 4.99 Å². The molecule has 8 heteroatoms. The topological polar surface area (TPSA) is 57.1 Å². The molecule has 0 saturated heterocycles. The number of hydrogen-bond donors (Lipinski definition) is 0. The quantitative estimate of drug-likeness (QED) is 0.357. The highest BCUT2D eigenvalue weighted by molar-refractivity contribution is 7.22. The molecule has 2 aromatic carbocycles. The molecule has 0 spiro atoms. The second-order valence-electron chi connectivity index (χ2n) is 6.04. The molecule has 0 aliphatic carbocycles. The van der Waals surface area contributed by atoms with Gasteiger partial charge in [-0.1, -0.05) is 35.3 Å². The van der Waals surface area contributed by atoms with E-state index in [-0.39, 0.29) is 11.6 Å². The molecule has 0 unspecified atom stereocenters. The van der Waals surface area contributed by atoms with Gasteiger partial charge in [-0.15, -0.1) is 11.3 Å². The molecular formula is C21H15Cl2NO4S. The van der Waals surface area contributed by atoms with Crippen LogP contribution < -0.4 is 9.47 Å². The molecule has 4 rings (SSSR count). The maximum Gasteiger partial charge on any atom is 0.363 e. The highest BCUT2D eigenvalue weighted by atomic mass is 35.5. The zero-order valence-electron chi connectivity index (χ0n) is 15.5. The summed E-state index contributed by atoms with van der Waals surface area (Å²) in [5.74, 6) is 0.932. The van der Waals surface area contributed by atoms with Gasteiger partial charge in [-0.25, -0.2) is 9.79 Å². The molecule has 0 saturated carbocycles. The summed E-state index contributed by atoms with van der Waals surface area (Å²) >= 11 is 14.2. The van der Waals surface area contributed by atoms with Crippen LogP contribution in [0.25, 0.3) is 16.2 Å². The summed E-state index contributed by atoms with van der Waals surface area (Å²) in [6.45, 7) is 2.51. The van der Waals surface area contributed by atoms with Gasteiger partial charge >= 0.3 is 5.97 Å². The lowest BCUT2D eigenvalue weighted by molar-refractivity contribution is -0.129. The van der Waals surface area contributed by atoms with E-state index in [0.29, 0.717) is 27.3 Å². The number of fused-ring (bicyclic) bond motifs is 1. The Labute approximate surface area is 181 Å². The predicted octanol–water partition coefficient (Wildman–Crippen LogP) is 5.96. The van der Waals surface area contributed by atoms with E-state index >= 15 is 0 Å². The summed E-state index contributed by atoms with van der Waals surface area (Å²) in [6.07, 6.45) is 1.66. The number of rotatable bonds is 5. The lowest BCUT2D eigenvalue weighted by Crippen LogP contribution is -2.04. The molecule has 0 bridgehead atoms. The number of halogens is 2. The Morgan fingerprint density at radius 2 is 1.90 bits per heavy atom. The molecule has 5 nitrogen and oxygen atoms in total. The standard InChI is InChI=1S/C21H15Cl2NO4S/c1-3-27-12-6-4-11(5-7-12)10-14-21(25)28-20(24-14)19-16(22)13-8-9-15(26-2)17(23)18(13)29-19/h4-10H,3H2,1-2H3/b14-10-. The molecule has 1 aromatic heterocycles. The zero-order chi connectivity index (χ0) is 20.5. The van der Waals surface area contributed by atoms with Crippen LogP contribution in [0.1, 0.15) is 17.4 Å². The summed E-state index contributed by atoms with van der Waals surface area (Å²) in [5.41, 5.74) is 1.00. The fraction of sp³-hybridized carbons (Fsp3) is 0.143. The van der Waals surface area contributed by atoms with Crippen molar-refractivity contribution in [2.75, 3.05) is 13.7 Å². The van der Waals surface area contributed by atoms with E-state index in [1.165, 1.54) is 11.3 Å². The number of methoxy groups -OCH3 is 1. The average molecular weight is 448 g/mol. The van der Waals surface area contributed by atoms with Crippen molar-refractivity contribution < 1.29 is 19.0 Å². The van der Waals surface area contributed by atoms with E-state index < -0.39 is 5.97 Å². The minimum Gasteiger partial charge on any atom is -0.495 e. The maximum atomic E-state index is 12.3. The van der Waals surface area contributed by atoms with Crippen molar-refractivity contribution in [1.82, 2.24) is 0 Å². The minimum absolute atomic E-state index is 0.161. The lowest BCUT2D eigenvalue weighted by Gasteiger charge is -2.02. The van der Waals surface area contributed by atoms with E-state index in [0.717, 1.165) is 21.4 Å². The summed E-state index contributed by atoms with van der Waals surface area (Å²) < 4.78 is 16.8. The molecule has 29 heavy (non-hydrogen) atoms. The minimum atomic E-state index is -0.536. The van der Waals surface area contributed by atoms with Gasteiger partial charge in [0.05, 0.1) is 23.4 Å². The predicted molar refractivity (Wildman–Crippen MR) is 117 cm³/mol. The van der Waals surface area contributed by atoms with E-state index in [4.69, 9.17) is 37.4 Å². The van der Waals surface area contributed by atoms with Crippen LogP contribution in [0.5, 0.6) is 11.5 Å². The van der Waals surface area contributed by atoms with E-state index in [1.54, 1.807) is 19.3 Å². The van der Waals surface area contributed by atoms with Gasteiger partial charge in [0.25, 0.3) is 0 Å². The molecule has 0 fully saturated rings. The molecule has 0 radical (unpaired) electrons. The number of cyclic esters (lactones) is 1. The van der Waals surface area contributed by atoms with Gasteiger partial charge in [0, 0.05) is 5.39 Å². The Morgan fingerprint density at radius 3 is 2.59 bits per heavy atom. The summed E-state index contributed by atoms with van der Waals surface area (Å²) in [5, 5.41) is 1.64. The second-order valence-corrected chi connectivity index (χ2v) is 7.82. The van der Waals surface area contributed by atoms with Gasteiger partial charge in [-0.05, 0) is 42.8 Å². The van der Waals surface area contributed by atoms with E-state index in [9.17, 15) is 4.79 Å². The molecule has 0 N–H and O–H groups in total. The molecule has 0 amide bonds. The molecule has 0 atom stereocenters.